The lowest BCUT2D eigenvalue weighted by atomic mass is 9.67. The molecule has 2 atom stereocenters. The van der Waals surface area contributed by atoms with E-state index < -0.39 is 0 Å². The third-order valence-corrected chi connectivity index (χ3v) is 4.19. The molecular weight excluding hydrogens is 225 g/mol. The molecule has 2 unspecified atom stereocenters. The molecule has 1 aromatic carbocycles. The summed E-state index contributed by atoms with van der Waals surface area (Å²) in [6.45, 7) is 2.19. The summed E-state index contributed by atoms with van der Waals surface area (Å²) in [5.41, 5.74) is 0.681. The van der Waals surface area contributed by atoms with Crippen molar-refractivity contribution < 1.29 is 4.39 Å². The molecule has 1 fully saturated rings. The SMILES string of the molecule is CCC1CCCC(C#N)(Cc2cccc(F)c2)C1. The van der Waals surface area contributed by atoms with Gasteiger partial charge in [0.15, 0.2) is 0 Å². The lowest BCUT2D eigenvalue weighted by molar-refractivity contribution is 0.194. The first kappa shape index (κ1) is 13.1. The zero-order valence-corrected chi connectivity index (χ0v) is 11.0. The number of nitrogens with zero attached hydrogens (tertiary/aromatic N) is 1. The van der Waals surface area contributed by atoms with Crippen LogP contribution in [0.3, 0.4) is 0 Å². The standard InChI is InChI=1S/C16H20FN/c1-2-13-6-4-8-16(10-13,12-18)11-14-5-3-7-15(17)9-14/h3,5,7,9,13H,2,4,6,8,10-11H2,1H3. The van der Waals surface area contributed by atoms with Crippen molar-refractivity contribution >= 4 is 0 Å². The van der Waals surface area contributed by atoms with Gasteiger partial charge in [-0.3, -0.25) is 0 Å². The lowest BCUT2D eigenvalue weighted by Crippen LogP contribution is -2.29. The Morgan fingerprint density at radius 3 is 3.00 bits per heavy atom. The first-order valence-electron chi connectivity index (χ1n) is 6.83. The van der Waals surface area contributed by atoms with E-state index in [1.54, 1.807) is 12.1 Å². The van der Waals surface area contributed by atoms with Crippen LogP contribution in [0.1, 0.15) is 44.6 Å². The highest BCUT2D eigenvalue weighted by molar-refractivity contribution is 5.21. The number of hydrogen-bond donors (Lipinski definition) is 0. The van der Waals surface area contributed by atoms with Crippen LogP contribution in [0, 0.1) is 28.5 Å². The van der Waals surface area contributed by atoms with Gasteiger partial charge < -0.3 is 0 Å². The molecule has 0 amide bonds. The van der Waals surface area contributed by atoms with Gasteiger partial charge in [-0.05, 0) is 42.9 Å². The normalized spacial score (nSPS) is 27.7. The topological polar surface area (TPSA) is 23.8 Å². The minimum Gasteiger partial charge on any atom is -0.207 e. The summed E-state index contributed by atoms with van der Waals surface area (Å²) in [6.07, 6.45) is 6.13. The molecule has 0 aliphatic heterocycles. The summed E-state index contributed by atoms with van der Waals surface area (Å²) in [6, 6.07) is 9.21. The van der Waals surface area contributed by atoms with E-state index >= 15 is 0 Å². The van der Waals surface area contributed by atoms with Crippen LogP contribution in [-0.2, 0) is 6.42 Å². The first-order chi connectivity index (χ1) is 8.67. The third kappa shape index (κ3) is 2.90. The first-order valence-corrected chi connectivity index (χ1v) is 6.83. The van der Waals surface area contributed by atoms with Crippen LogP contribution in [0.25, 0.3) is 0 Å². The molecule has 18 heavy (non-hydrogen) atoms. The highest BCUT2D eigenvalue weighted by atomic mass is 19.1. The van der Waals surface area contributed by atoms with Gasteiger partial charge in [0.25, 0.3) is 0 Å². The van der Waals surface area contributed by atoms with Crippen molar-refractivity contribution in [2.45, 2.75) is 45.4 Å². The van der Waals surface area contributed by atoms with E-state index in [0.29, 0.717) is 12.3 Å². The smallest absolute Gasteiger partial charge is 0.123 e. The molecule has 2 rings (SSSR count). The van der Waals surface area contributed by atoms with Crippen LogP contribution >= 0.6 is 0 Å². The Morgan fingerprint density at radius 1 is 1.50 bits per heavy atom. The van der Waals surface area contributed by atoms with E-state index in [2.05, 4.69) is 13.0 Å². The molecule has 0 spiro atoms. The molecular formula is C16H20FN. The van der Waals surface area contributed by atoms with Crippen LogP contribution in [0.15, 0.2) is 24.3 Å². The predicted octanol–water partition coefficient (Wildman–Crippen LogP) is 4.48. The van der Waals surface area contributed by atoms with Crippen molar-refractivity contribution in [2.75, 3.05) is 0 Å². The molecule has 0 bridgehead atoms. The summed E-state index contributed by atoms with van der Waals surface area (Å²) in [5.74, 6) is 0.454. The molecule has 1 aliphatic carbocycles. The van der Waals surface area contributed by atoms with Crippen LogP contribution in [0.5, 0.6) is 0 Å². The molecule has 0 radical (unpaired) electrons. The van der Waals surface area contributed by atoms with Crippen LogP contribution in [-0.4, -0.2) is 0 Å². The Kier molecular flexibility index (Phi) is 4.01. The lowest BCUT2D eigenvalue weighted by Gasteiger charge is -2.35. The average molecular weight is 245 g/mol. The predicted molar refractivity (Wildman–Crippen MR) is 70.4 cm³/mol. The molecule has 96 valence electrons. The summed E-state index contributed by atoms with van der Waals surface area (Å²) in [5, 5.41) is 9.54. The van der Waals surface area contributed by atoms with E-state index in [1.807, 2.05) is 6.07 Å². The Balaban J connectivity index is 2.16. The zero-order chi connectivity index (χ0) is 13.0. The van der Waals surface area contributed by atoms with Crippen molar-refractivity contribution in [3.63, 3.8) is 0 Å². The molecule has 1 aliphatic rings. The van der Waals surface area contributed by atoms with E-state index in [1.165, 1.54) is 12.5 Å². The molecule has 1 saturated carbocycles. The van der Waals surface area contributed by atoms with E-state index in [9.17, 15) is 9.65 Å². The van der Waals surface area contributed by atoms with Crippen LogP contribution in [0.2, 0.25) is 0 Å². The Hall–Kier alpha value is -1.36. The fraction of sp³-hybridized carbons (Fsp3) is 0.562. The Bertz CT molecular complexity index is 449. The van der Waals surface area contributed by atoms with Gasteiger partial charge in [-0.2, -0.15) is 5.26 Å². The number of benzene rings is 1. The summed E-state index contributed by atoms with van der Waals surface area (Å²) >= 11 is 0. The van der Waals surface area contributed by atoms with Gasteiger partial charge in [0, 0.05) is 0 Å². The average Bonchev–Trinajstić information content (AvgIpc) is 2.39. The van der Waals surface area contributed by atoms with Crippen molar-refractivity contribution in [1.82, 2.24) is 0 Å². The Morgan fingerprint density at radius 2 is 2.33 bits per heavy atom. The van der Waals surface area contributed by atoms with Gasteiger partial charge in [-0.15, -0.1) is 0 Å². The Labute approximate surface area is 109 Å². The fourth-order valence-corrected chi connectivity index (χ4v) is 3.17. The van der Waals surface area contributed by atoms with E-state index in [-0.39, 0.29) is 11.2 Å². The van der Waals surface area contributed by atoms with Crippen molar-refractivity contribution in [3.8, 4) is 6.07 Å². The summed E-state index contributed by atoms with van der Waals surface area (Å²) in [4.78, 5) is 0. The molecule has 0 aromatic heterocycles. The van der Waals surface area contributed by atoms with Gasteiger partial charge in [0.05, 0.1) is 11.5 Å². The maximum absolute atomic E-state index is 13.2. The molecule has 0 saturated heterocycles. The summed E-state index contributed by atoms with van der Waals surface area (Å²) in [7, 11) is 0. The molecule has 0 heterocycles. The minimum atomic E-state index is -0.271. The third-order valence-electron chi connectivity index (χ3n) is 4.19. The second-order valence-corrected chi connectivity index (χ2v) is 5.57. The number of hydrogen-bond acceptors (Lipinski definition) is 1. The van der Waals surface area contributed by atoms with Gasteiger partial charge in [-0.1, -0.05) is 38.3 Å². The van der Waals surface area contributed by atoms with Gasteiger partial charge >= 0.3 is 0 Å². The second kappa shape index (κ2) is 5.52. The monoisotopic (exact) mass is 245 g/mol. The zero-order valence-electron chi connectivity index (χ0n) is 11.0. The van der Waals surface area contributed by atoms with E-state index in [0.717, 1.165) is 31.2 Å². The highest BCUT2D eigenvalue weighted by Crippen LogP contribution is 2.42. The number of nitriles is 1. The van der Waals surface area contributed by atoms with Crippen LogP contribution < -0.4 is 0 Å². The van der Waals surface area contributed by atoms with Gasteiger partial charge in [0.1, 0.15) is 5.82 Å². The maximum Gasteiger partial charge on any atom is 0.123 e. The number of halogens is 1. The molecule has 1 aromatic rings. The highest BCUT2D eigenvalue weighted by Gasteiger charge is 2.36. The summed E-state index contributed by atoms with van der Waals surface area (Å²) < 4.78 is 13.2. The second-order valence-electron chi connectivity index (χ2n) is 5.57. The largest absolute Gasteiger partial charge is 0.207 e. The minimum absolute atomic E-state index is 0.205. The quantitative estimate of drug-likeness (QED) is 0.770. The van der Waals surface area contributed by atoms with Crippen molar-refractivity contribution in [3.05, 3.63) is 35.6 Å². The molecule has 2 heteroatoms. The van der Waals surface area contributed by atoms with Gasteiger partial charge in [0.2, 0.25) is 0 Å². The van der Waals surface area contributed by atoms with Crippen LogP contribution in [0.4, 0.5) is 4.39 Å². The van der Waals surface area contributed by atoms with Crippen molar-refractivity contribution in [1.29, 1.82) is 5.26 Å². The molecule has 1 nitrogen and oxygen atoms in total. The number of rotatable bonds is 3. The fourth-order valence-electron chi connectivity index (χ4n) is 3.17. The van der Waals surface area contributed by atoms with E-state index in [4.69, 9.17) is 0 Å². The maximum atomic E-state index is 13.2. The van der Waals surface area contributed by atoms with Gasteiger partial charge in [-0.25, -0.2) is 4.39 Å². The molecule has 0 N–H and O–H groups in total. The van der Waals surface area contributed by atoms with Crippen molar-refractivity contribution in [2.24, 2.45) is 11.3 Å².